The Kier molecular flexibility index (Phi) is 3.62. The van der Waals surface area contributed by atoms with Gasteiger partial charge in [0.2, 0.25) is 5.95 Å². The molecule has 1 fully saturated rings. The Bertz CT molecular complexity index is 893. The number of aromatic nitrogens is 6. The lowest BCUT2D eigenvalue weighted by atomic mass is 10.3. The number of H-pyrrole nitrogens is 1. The molecular weight excluding hydrogens is 337 g/mol. The second kappa shape index (κ2) is 5.83. The molecule has 0 bridgehead atoms. The summed E-state index contributed by atoms with van der Waals surface area (Å²) < 4.78 is 38.2. The van der Waals surface area contributed by atoms with Crippen molar-refractivity contribution in [2.75, 3.05) is 23.3 Å². The molecule has 3 aromatic rings. The number of fused-ring (bicyclic) bond motifs is 1. The van der Waals surface area contributed by atoms with Gasteiger partial charge in [0.05, 0.1) is 11.6 Å². The number of aromatic amines is 1. The molecule has 130 valence electrons. The maximum Gasteiger partial charge on any atom is 0.433 e. The molecule has 0 aromatic carbocycles. The molecule has 0 amide bonds. The fourth-order valence-electron chi connectivity index (χ4n) is 2.84. The SMILES string of the molecule is FC(F)(F)c1ccnc(NC2CCN(c3ncnc4[nH]ncc34)C2)n1. The molecule has 8 nitrogen and oxygen atoms in total. The third-order valence-corrected chi connectivity index (χ3v) is 3.99. The fraction of sp³-hybridized carbons (Fsp3) is 0.357. The van der Waals surface area contributed by atoms with Crippen molar-refractivity contribution in [2.45, 2.75) is 18.6 Å². The maximum atomic E-state index is 12.7. The average Bonchev–Trinajstić information content (AvgIpc) is 3.23. The normalized spacial score (nSPS) is 18.0. The maximum absolute atomic E-state index is 12.7. The molecule has 0 saturated carbocycles. The molecule has 1 aliphatic rings. The van der Waals surface area contributed by atoms with E-state index in [-0.39, 0.29) is 12.0 Å². The molecule has 4 heterocycles. The standard InChI is InChI=1S/C14H13F3N8/c15-14(16,17)10-1-3-18-13(23-10)22-8-2-4-25(6-8)12-9-5-21-24-11(9)19-7-20-12/h1,3,5,7-8H,2,4,6H2,(H,18,22,23)(H,19,20,21,24). The number of hydrogen-bond acceptors (Lipinski definition) is 7. The van der Waals surface area contributed by atoms with Gasteiger partial charge in [0, 0.05) is 25.3 Å². The lowest BCUT2D eigenvalue weighted by Crippen LogP contribution is -2.27. The van der Waals surface area contributed by atoms with Crippen molar-refractivity contribution in [3.8, 4) is 0 Å². The molecule has 2 N–H and O–H groups in total. The summed E-state index contributed by atoms with van der Waals surface area (Å²) in [7, 11) is 0. The predicted molar refractivity (Wildman–Crippen MR) is 83.0 cm³/mol. The zero-order valence-electron chi connectivity index (χ0n) is 12.8. The molecule has 11 heteroatoms. The molecular formula is C14H13F3N8. The third-order valence-electron chi connectivity index (χ3n) is 3.99. The summed E-state index contributed by atoms with van der Waals surface area (Å²) >= 11 is 0. The molecule has 1 saturated heterocycles. The van der Waals surface area contributed by atoms with E-state index in [0.29, 0.717) is 18.7 Å². The number of nitrogens with zero attached hydrogens (tertiary/aromatic N) is 6. The first-order valence-electron chi connectivity index (χ1n) is 7.56. The van der Waals surface area contributed by atoms with E-state index < -0.39 is 11.9 Å². The van der Waals surface area contributed by atoms with Crippen LogP contribution in [0.3, 0.4) is 0 Å². The van der Waals surface area contributed by atoms with Crippen LogP contribution in [0.2, 0.25) is 0 Å². The largest absolute Gasteiger partial charge is 0.433 e. The highest BCUT2D eigenvalue weighted by atomic mass is 19.4. The first-order chi connectivity index (χ1) is 12.0. The fourth-order valence-corrected chi connectivity index (χ4v) is 2.84. The number of halogens is 3. The molecule has 1 atom stereocenters. The van der Waals surface area contributed by atoms with E-state index in [1.807, 2.05) is 4.90 Å². The molecule has 4 rings (SSSR count). The number of nitrogens with one attached hydrogen (secondary N) is 2. The van der Waals surface area contributed by atoms with Gasteiger partial charge in [-0.1, -0.05) is 0 Å². The van der Waals surface area contributed by atoms with Crippen LogP contribution in [-0.2, 0) is 6.18 Å². The van der Waals surface area contributed by atoms with Crippen LogP contribution < -0.4 is 10.2 Å². The predicted octanol–water partition coefficient (Wildman–Crippen LogP) is 1.85. The van der Waals surface area contributed by atoms with Crippen molar-refractivity contribution in [2.24, 2.45) is 0 Å². The summed E-state index contributed by atoms with van der Waals surface area (Å²) in [5.74, 6) is 0.714. The molecule has 0 radical (unpaired) electrons. The quantitative estimate of drug-likeness (QED) is 0.744. The van der Waals surface area contributed by atoms with Gasteiger partial charge in [-0.3, -0.25) is 5.10 Å². The Morgan fingerprint density at radius 1 is 1.24 bits per heavy atom. The Balaban J connectivity index is 1.49. The zero-order chi connectivity index (χ0) is 17.4. The number of alkyl halides is 3. The lowest BCUT2D eigenvalue weighted by Gasteiger charge is -2.18. The second-order valence-electron chi connectivity index (χ2n) is 5.67. The smallest absolute Gasteiger partial charge is 0.354 e. The first-order valence-corrected chi connectivity index (χ1v) is 7.56. The first kappa shape index (κ1) is 15.5. The van der Waals surface area contributed by atoms with E-state index >= 15 is 0 Å². The van der Waals surface area contributed by atoms with Gasteiger partial charge in [-0.2, -0.15) is 18.3 Å². The van der Waals surface area contributed by atoms with Crippen LogP contribution in [0.15, 0.2) is 24.8 Å². The van der Waals surface area contributed by atoms with E-state index in [4.69, 9.17) is 0 Å². The van der Waals surface area contributed by atoms with Gasteiger partial charge in [0.1, 0.15) is 17.8 Å². The third kappa shape index (κ3) is 3.04. The van der Waals surface area contributed by atoms with Crippen molar-refractivity contribution in [1.29, 1.82) is 0 Å². The van der Waals surface area contributed by atoms with Crippen LogP contribution in [-0.4, -0.2) is 49.3 Å². The number of rotatable bonds is 3. The van der Waals surface area contributed by atoms with Gasteiger partial charge in [-0.15, -0.1) is 0 Å². The minimum atomic E-state index is -4.49. The van der Waals surface area contributed by atoms with Gasteiger partial charge in [0.25, 0.3) is 0 Å². The Hall–Kier alpha value is -2.98. The summed E-state index contributed by atoms with van der Waals surface area (Å²) in [6.07, 6.45) is 0.441. The zero-order valence-corrected chi connectivity index (χ0v) is 12.8. The van der Waals surface area contributed by atoms with Crippen LogP contribution in [0.1, 0.15) is 12.1 Å². The van der Waals surface area contributed by atoms with Gasteiger partial charge in [0.15, 0.2) is 5.65 Å². The second-order valence-corrected chi connectivity index (χ2v) is 5.67. The molecule has 1 unspecified atom stereocenters. The summed E-state index contributed by atoms with van der Waals surface area (Å²) in [6, 6.07) is 0.767. The Morgan fingerprint density at radius 3 is 2.96 bits per heavy atom. The van der Waals surface area contributed by atoms with Crippen LogP contribution >= 0.6 is 0 Å². The monoisotopic (exact) mass is 350 g/mol. The van der Waals surface area contributed by atoms with Gasteiger partial charge < -0.3 is 10.2 Å². The summed E-state index contributed by atoms with van der Waals surface area (Å²) in [6.45, 7) is 1.27. The average molecular weight is 350 g/mol. The minimum Gasteiger partial charge on any atom is -0.354 e. The van der Waals surface area contributed by atoms with E-state index in [0.717, 1.165) is 29.9 Å². The molecule has 0 spiro atoms. The van der Waals surface area contributed by atoms with Gasteiger partial charge in [-0.05, 0) is 12.5 Å². The van der Waals surface area contributed by atoms with E-state index in [1.165, 1.54) is 6.33 Å². The van der Waals surface area contributed by atoms with E-state index in [2.05, 4.69) is 35.5 Å². The Morgan fingerprint density at radius 2 is 2.12 bits per heavy atom. The van der Waals surface area contributed by atoms with Gasteiger partial charge in [-0.25, -0.2) is 19.9 Å². The van der Waals surface area contributed by atoms with E-state index in [9.17, 15) is 13.2 Å². The Labute approximate surface area is 139 Å². The van der Waals surface area contributed by atoms with Crippen molar-refractivity contribution < 1.29 is 13.2 Å². The molecule has 3 aromatic heterocycles. The lowest BCUT2D eigenvalue weighted by molar-refractivity contribution is -0.141. The highest BCUT2D eigenvalue weighted by Gasteiger charge is 2.33. The van der Waals surface area contributed by atoms with Crippen molar-refractivity contribution in [3.63, 3.8) is 0 Å². The van der Waals surface area contributed by atoms with Crippen molar-refractivity contribution >= 4 is 22.8 Å². The summed E-state index contributed by atoms with van der Waals surface area (Å²) in [5.41, 5.74) is -0.321. The van der Waals surface area contributed by atoms with Crippen LogP contribution in [0.25, 0.3) is 11.0 Å². The number of anilines is 2. The molecule has 25 heavy (non-hydrogen) atoms. The summed E-state index contributed by atoms with van der Waals surface area (Å²) in [4.78, 5) is 17.8. The van der Waals surface area contributed by atoms with Crippen LogP contribution in [0.4, 0.5) is 24.9 Å². The van der Waals surface area contributed by atoms with Crippen LogP contribution in [0.5, 0.6) is 0 Å². The number of hydrogen-bond donors (Lipinski definition) is 2. The highest BCUT2D eigenvalue weighted by Crippen LogP contribution is 2.28. The van der Waals surface area contributed by atoms with Crippen LogP contribution in [0, 0.1) is 0 Å². The molecule has 0 aliphatic carbocycles. The summed E-state index contributed by atoms with van der Waals surface area (Å²) in [5, 5.41) is 10.5. The topological polar surface area (TPSA) is 95.5 Å². The minimum absolute atomic E-state index is 0.0298. The highest BCUT2D eigenvalue weighted by molar-refractivity contribution is 5.86. The van der Waals surface area contributed by atoms with E-state index in [1.54, 1.807) is 6.20 Å². The van der Waals surface area contributed by atoms with Gasteiger partial charge >= 0.3 is 6.18 Å². The molecule has 1 aliphatic heterocycles. The van der Waals surface area contributed by atoms with Crippen molar-refractivity contribution in [1.82, 2.24) is 30.1 Å². The van der Waals surface area contributed by atoms with Crippen molar-refractivity contribution in [3.05, 3.63) is 30.5 Å².